The Kier molecular flexibility index (Phi) is 3.98. The van der Waals surface area contributed by atoms with Crippen LogP contribution in [0.3, 0.4) is 0 Å². The van der Waals surface area contributed by atoms with E-state index in [2.05, 4.69) is 18.9 Å². The maximum atomic E-state index is 5.56. The topological polar surface area (TPSA) is 38.5 Å². The Labute approximate surface area is 74.9 Å². The molecule has 0 aromatic heterocycles. The minimum absolute atomic E-state index is 0.290. The maximum absolute atomic E-state index is 5.56. The highest BCUT2D eigenvalue weighted by Crippen LogP contribution is 2.17. The SMILES string of the molecule is CCN(C)C1CCOC(CN)C1. The molecule has 2 unspecified atom stereocenters. The molecule has 0 saturated carbocycles. The van der Waals surface area contributed by atoms with Crippen molar-refractivity contribution in [2.45, 2.75) is 31.9 Å². The van der Waals surface area contributed by atoms with Crippen LogP contribution in [-0.4, -0.2) is 43.8 Å². The number of rotatable bonds is 3. The van der Waals surface area contributed by atoms with Gasteiger partial charge in [0, 0.05) is 19.2 Å². The highest BCUT2D eigenvalue weighted by atomic mass is 16.5. The average molecular weight is 172 g/mol. The third-order valence-electron chi connectivity index (χ3n) is 2.72. The van der Waals surface area contributed by atoms with Crippen LogP contribution in [0, 0.1) is 0 Å². The fourth-order valence-corrected chi connectivity index (χ4v) is 1.68. The predicted molar refractivity (Wildman–Crippen MR) is 50.1 cm³/mol. The summed E-state index contributed by atoms with van der Waals surface area (Å²) in [7, 11) is 2.17. The van der Waals surface area contributed by atoms with E-state index in [9.17, 15) is 0 Å². The van der Waals surface area contributed by atoms with Crippen LogP contribution < -0.4 is 5.73 Å². The molecule has 0 aromatic rings. The van der Waals surface area contributed by atoms with E-state index in [-0.39, 0.29) is 6.10 Å². The second kappa shape index (κ2) is 4.80. The van der Waals surface area contributed by atoms with Crippen LogP contribution in [-0.2, 0) is 4.74 Å². The quantitative estimate of drug-likeness (QED) is 0.671. The first-order valence-electron chi connectivity index (χ1n) is 4.79. The van der Waals surface area contributed by atoms with Crippen LogP contribution in [0.5, 0.6) is 0 Å². The molecule has 1 fully saturated rings. The predicted octanol–water partition coefficient (Wildman–Crippen LogP) is 0.444. The van der Waals surface area contributed by atoms with Gasteiger partial charge in [0.15, 0.2) is 0 Å². The highest BCUT2D eigenvalue weighted by molar-refractivity contribution is 4.77. The molecule has 3 heteroatoms. The Morgan fingerprint density at radius 1 is 1.58 bits per heavy atom. The number of nitrogens with two attached hydrogens (primary N) is 1. The highest BCUT2D eigenvalue weighted by Gasteiger charge is 2.23. The molecule has 1 saturated heterocycles. The van der Waals surface area contributed by atoms with Gasteiger partial charge in [0.25, 0.3) is 0 Å². The van der Waals surface area contributed by atoms with Gasteiger partial charge in [-0.25, -0.2) is 0 Å². The molecule has 12 heavy (non-hydrogen) atoms. The third kappa shape index (κ3) is 2.44. The van der Waals surface area contributed by atoms with Gasteiger partial charge in [0.2, 0.25) is 0 Å². The second-order valence-corrected chi connectivity index (χ2v) is 3.48. The molecule has 0 bridgehead atoms. The van der Waals surface area contributed by atoms with E-state index in [1.54, 1.807) is 0 Å². The molecule has 0 amide bonds. The maximum Gasteiger partial charge on any atom is 0.0712 e. The minimum atomic E-state index is 0.290. The van der Waals surface area contributed by atoms with Gasteiger partial charge in [-0.2, -0.15) is 0 Å². The summed E-state index contributed by atoms with van der Waals surface area (Å²) < 4.78 is 5.50. The number of ether oxygens (including phenoxy) is 1. The third-order valence-corrected chi connectivity index (χ3v) is 2.72. The van der Waals surface area contributed by atoms with Crippen molar-refractivity contribution in [1.29, 1.82) is 0 Å². The van der Waals surface area contributed by atoms with Crippen LogP contribution in [0.4, 0.5) is 0 Å². The molecule has 0 radical (unpaired) electrons. The van der Waals surface area contributed by atoms with Crippen LogP contribution >= 0.6 is 0 Å². The van der Waals surface area contributed by atoms with Gasteiger partial charge < -0.3 is 15.4 Å². The van der Waals surface area contributed by atoms with Crippen LogP contribution in [0.25, 0.3) is 0 Å². The number of hydrogen-bond acceptors (Lipinski definition) is 3. The Hall–Kier alpha value is -0.120. The summed E-state index contributed by atoms with van der Waals surface area (Å²) in [5.74, 6) is 0. The lowest BCUT2D eigenvalue weighted by Gasteiger charge is -2.34. The molecule has 1 aliphatic rings. The lowest BCUT2D eigenvalue weighted by molar-refractivity contribution is -0.0156. The summed E-state index contributed by atoms with van der Waals surface area (Å²) >= 11 is 0. The van der Waals surface area contributed by atoms with Crippen molar-refractivity contribution in [1.82, 2.24) is 4.90 Å². The van der Waals surface area contributed by atoms with Crippen LogP contribution in [0.2, 0.25) is 0 Å². The summed E-state index contributed by atoms with van der Waals surface area (Å²) in [6.45, 7) is 4.83. The Balaban J connectivity index is 2.34. The first-order chi connectivity index (χ1) is 5.77. The number of hydrogen-bond donors (Lipinski definition) is 1. The van der Waals surface area contributed by atoms with Gasteiger partial charge >= 0.3 is 0 Å². The molecular weight excluding hydrogens is 152 g/mol. The van der Waals surface area contributed by atoms with E-state index in [1.165, 1.54) is 0 Å². The first kappa shape index (κ1) is 9.96. The normalized spacial score (nSPS) is 31.0. The Morgan fingerprint density at radius 3 is 2.92 bits per heavy atom. The van der Waals surface area contributed by atoms with Gasteiger partial charge in [-0.15, -0.1) is 0 Å². The van der Waals surface area contributed by atoms with Crippen molar-refractivity contribution in [3.8, 4) is 0 Å². The van der Waals surface area contributed by atoms with E-state index in [1.807, 2.05) is 0 Å². The molecular formula is C9H20N2O. The van der Waals surface area contributed by atoms with E-state index >= 15 is 0 Å². The van der Waals surface area contributed by atoms with Crippen molar-refractivity contribution < 1.29 is 4.74 Å². The lowest BCUT2D eigenvalue weighted by Crippen LogP contribution is -2.42. The molecule has 72 valence electrons. The first-order valence-corrected chi connectivity index (χ1v) is 4.79. The fourth-order valence-electron chi connectivity index (χ4n) is 1.68. The van der Waals surface area contributed by atoms with Gasteiger partial charge in [-0.05, 0) is 26.4 Å². The average Bonchev–Trinajstić information content (AvgIpc) is 2.17. The van der Waals surface area contributed by atoms with E-state index < -0.39 is 0 Å². The molecule has 0 spiro atoms. The summed E-state index contributed by atoms with van der Waals surface area (Å²) in [5.41, 5.74) is 5.56. The van der Waals surface area contributed by atoms with Crippen molar-refractivity contribution in [2.75, 3.05) is 26.7 Å². The van der Waals surface area contributed by atoms with Crippen molar-refractivity contribution in [3.63, 3.8) is 0 Å². The molecule has 3 nitrogen and oxygen atoms in total. The zero-order valence-corrected chi connectivity index (χ0v) is 8.12. The summed E-state index contributed by atoms with van der Waals surface area (Å²) in [4.78, 5) is 2.38. The lowest BCUT2D eigenvalue weighted by atomic mass is 10.0. The smallest absolute Gasteiger partial charge is 0.0712 e. The van der Waals surface area contributed by atoms with Crippen molar-refractivity contribution >= 4 is 0 Å². The van der Waals surface area contributed by atoms with Crippen molar-refractivity contribution in [2.24, 2.45) is 5.73 Å². The van der Waals surface area contributed by atoms with Gasteiger partial charge in [0.1, 0.15) is 0 Å². The second-order valence-electron chi connectivity index (χ2n) is 3.48. The molecule has 0 aliphatic carbocycles. The molecule has 1 aliphatic heterocycles. The van der Waals surface area contributed by atoms with E-state index in [0.29, 0.717) is 12.6 Å². The van der Waals surface area contributed by atoms with Gasteiger partial charge in [-0.1, -0.05) is 6.92 Å². The van der Waals surface area contributed by atoms with E-state index in [0.717, 1.165) is 26.0 Å². The van der Waals surface area contributed by atoms with Crippen LogP contribution in [0.1, 0.15) is 19.8 Å². The van der Waals surface area contributed by atoms with Gasteiger partial charge in [0.05, 0.1) is 6.10 Å². The summed E-state index contributed by atoms with van der Waals surface area (Å²) in [6.07, 6.45) is 2.54. The Morgan fingerprint density at radius 2 is 2.33 bits per heavy atom. The standard InChI is InChI=1S/C9H20N2O/c1-3-11(2)8-4-5-12-9(6-8)7-10/h8-9H,3-7,10H2,1-2H3. The molecule has 0 aromatic carbocycles. The summed E-state index contributed by atoms with van der Waals surface area (Å²) in [6, 6.07) is 0.678. The largest absolute Gasteiger partial charge is 0.377 e. The number of nitrogens with zero attached hydrogens (tertiary/aromatic N) is 1. The molecule has 2 atom stereocenters. The zero-order chi connectivity index (χ0) is 8.97. The molecule has 1 rings (SSSR count). The minimum Gasteiger partial charge on any atom is -0.377 e. The van der Waals surface area contributed by atoms with Crippen LogP contribution in [0.15, 0.2) is 0 Å². The van der Waals surface area contributed by atoms with Gasteiger partial charge in [-0.3, -0.25) is 0 Å². The summed E-state index contributed by atoms with van der Waals surface area (Å²) in [5, 5.41) is 0. The molecule has 1 heterocycles. The zero-order valence-electron chi connectivity index (χ0n) is 8.12. The Bertz CT molecular complexity index is 128. The fraction of sp³-hybridized carbons (Fsp3) is 1.00. The van der Waals surface area contributed by atoms with Crippen molar-refractivity contribution in [3.05, 3.63) is 0 Å². The monoisotopic (exact) mass is 172 g/mol. The van der Waals surface area contributed by atoms with E-state index in [4.69, 9.17) is 10.5 Å². The molecule has 2 N–H and O–H groups in total.